The minimum absolute atomic E-state index is 0.231. The van der Waals surface area contributed by atoms with E-state index in [0.717, 1.165) is 18.4 Å². The number of aryl methyl sites for hydroxylation is 1. The second-order valence-electron chi connectivity index (χ2n) is 4.03. The summed E-state index contributed by atoms with van der Waals surface area (Å²) in [4.78, 5) is 4.13. The highest BCUT2D eigenvalue weighted by molar-refractivity contribution is 5.18. The van der Waals surface area contributed by atoms with E-state index in [4.69, 9.17) is 10.5 Å². The van der Waals surface area contributed by atoms with Gasteiger partial charge in [0.05, 0.1) is 0 Å². The van der Waals surface area contributed by atoms with E-state index in [0.29, 0.717) is 12.5 Å². The highest BCUT2D eigenvalue weighted by Crippen LogP contribution is 2.14. The van der Waals surface area contributed by atoms with Crippen LogP contribution in [0, 0.1) is 6.92 Å². The van der Waals surface area contributed by atoms with Crippen LogP contribution in [0.1, 0.15) is 32.3 Å². The second-order valence-corrected chi connectivity index (χ2v) is 4.03. The molecule has 0 aromatic carbocycles. The van der Waals surface area contributed by atoms with Gasteiger partial charge in [-0.05, 0) is 31.4 Å². The molecule has 0 saturated carbocycles. The van der Waals surface area contributed by atoms with Crippen molar-refractivity contribution in [2.75, 3.05) is 6.61 Å². The number of nitrogens with two attached hydrogens (primary N) is 1. The van der Waals surface area contributed by atoms with Gasteiger partial charge in [-0.25, -0.2) is 4.98 Å². The minimum atomic E-state index is -0.231. The summed E-state index contributed by atoms with van der Waals surface area (Å²) in [6.45, 7) is 6.70. The highest BCUT2D eigenvalue weighted by atomic mass is 16.5. The van der Waals surface area contributed by atoms with Gasteiger partial charge in [0.15, 0.2) is 0 Å². The molecule has 1 aromatic rings. The van der Waals surface area contributed by atoms with Crippen LogP contribution in [0.15, 0.2) is 18.3 Å². The molecule has 0 unspecified atom stereocenters. The third kappa shape index (κ3) is 3.51. The first-order valence-electron chi connectivity index (χ1n) is 5.44. The van der Waals surface area contributed by atoms with Crippen molar-refractivity contribution in [3.63, 3.8) is 0 Å². The number of hydrogen-bond acceptors (Lipinski definition) is 3. The van der Waals surface area contributed by atoms with Gasteiger partial charge in [0.2, 0.25) is 5.88 Å². The van der Waals surface area contributed by atoms with E-state index >= 15 is 0 Å². The Balaban J connectivity index is 2.56. The predicted octanol–water partition coefficient (Wildman–Crippen LogP) is 2.29. The van der Waals surface area contributed by atoms with Crippen molar-refractivity contribution in [2.24, 2.45) is 5.73 Å². The van der Waals surface area contributed by atoms with Gasteiger partial charge in [-0.1, -0.05) is 13.8 Å². The largest absolute Gasteiger partial charge is 0.476 e. The van der Waals surface area contributed by atoms with E-state index in [9.17, 15) is 0 Å². The topological polar surface area (TPSA) is 48.1 Å². The lowest BCUT2D eigenvalue weighted by Crippen LogP contribution is -2.44. The Bertz CT molecular complexity index is 308. The zero-order valence-electron chi connectivity index (χ0n) is 9.79. The summed E-state index contributed by atoms with van der Waals surface area (Å²) < 4.78 is 5.60. The first-order valence-corrected chi connectivity index (χ1v) is 5.44. The lowest BCUT2D eigenvalue weighted by molar-refractivity contribution is 0.200. The molecule has 0 spiro atoms. The first kappa shape index (κ1) is 12.0. The van der Waals surface area contributed by atoms with Crippen LogP contribution < -0.4 is 10.5 Å². The fourth-order valence-corrected chi connectivity index (χ4v) is 1.26. The Morgan fingerprint density at radius 3 is 2.60 bits per heavy atom. The monoisotopic (exact) mass is 208 g/mol. The van der Waals surface area contributed by atoms with Gasteiger partial charge in [-0.3, -0.25) is 0 Å². The molecule has 1 heterocycles. The smallest absolute Gasteiger partial charge is 0.213 e. The molecule has 15 heavy (non-hydrogen) atoms. The van der Waals surface area contributed by atoms with Crippen LogP contribution in [0.4, 0.5) is 0 Å². The molecule has 1 rings (SSSR count). The molecule has 0 aliphatic carbocycles. The number of nitrogens with zero attached hydrogens (tertiary/aromatic N) is 1. The fraction of sp³-hybridized carbons (Fsp3) is 0.583. The molecule has 0 fully saturated rings. The van der Waals surface area contributed by atoms with E-state index in [1.807, 2.05) is 19.1 Å². The Morgan fingerprint density at radius 2 is 2.07 bits per heavy atom. The molecule has 0 amide bonds. The normalized spacial score (nSPS) is 11.5. The number of pyridine rings is 1. The lowest BCUT2D eigenvalue weighted by Gasteiger charge is -2.26. The molecule has 0 aliphatic rings. The van der Waals surface area contributed by atoms with E-state index in [1.54, 1.807) is 6.20 Å². The number of hydrogen-bond donors (Lipinski definition) is 1. The maximum Gasteiger partial charge on any atom is 0.213 e. The van der Waals surface area contributed by atoms with Crippen LogP contribution in [0.2, 0.25) is 0 Å². The van der Waals surface area contributed by atoms with Gasteiger partial charge in [0, 0.05) is 17.8 Å². The molecule has 84 valence electrons. The summed E-state index contributed by atoms with van der Waals surface area (Å²) in [5.74, 6) is 0.659. The average Bonchev–Trinajstić information content (AvgIpc) is 2.26. The number of aromatic nitrogens is 1. The maximum absolute atomic E-state index is 6.13. The van der Waals surface area contributed by atoms with E-state index in [2.05, 4.69) is 18.8 Å². The summed E-state index contributed by atoms with van der Waals surface area (Å²) in [6.07, 6.45) is 3.57. The summed E-state index contributed by atoms with van der Waals surface area (Å²) in [7, 11) is 0. The first-order chi connectivity index (χ1) is 7.09. The predicted molar refractivity (Wildman–Crippen MR) is 62.0 cm³/mol. The third-order valence-electron chi connectivity index (χ3n) is 2.81. The lowest BCUT2D eigenvalue weighted by atomic mass is 9.96. The van der Waals surface area contributed by atoms with Crippen molar-refractivity contribution >= 4 is 0 Å². The van der Waals surface area contributed by atoms with Crippen LogP contribution >= 0.6 is 0 Å². The van der Waals surface area contributed by atoms with Crippen LogP contribution in [-0.2, 0) is 0 Å². The summed E-state index contributed by atoms with van der Waals surface area (Å²) in [6, 6.07) is 3.87. The van der Waals surface area contributed by atoms with Crippen molar-refractivity contribution < 1.29 is 4.74 Å². The SMILES string of the molecule is CCC(N)(CC)COc1cc(C)ccn1. The van der Waals surface area contributed by atoms with E-state index in [-0.39, 0.29) is 5.54 Å². The molecule has 1 aromatic heterocycles. The Kier molecular flexibility index (Phi) is 4.09. The zero-order valence-corrected chi connectivity index (χ0v) is 9.79. The van der Waals surface area contributed by atoms with Crippen molar-refractivity contribution in [2.45, 2.75) is 39.2 Å². The van der Waals surface area contributed by atoms with Crippen molar-refractivity contribution in [1.82, 2.24) is 4.98 Å². The zero-order chi connectivity index (χ0) is 11.3. The molecule has 0 atom stereocenters. The molecule has 0 bridgehead atoms. The van der Waals surface area contributed by atoms with Crippen LogP contribution in [0.25, 0.3) is 0 Å². The Morgan fingerprint density at radius 1 is 1.40 bits per heavy atom. The standard InChI is InChI=1S/C12H20N2O/c1-4-12(13,5-2)9-15-11-8-10(3)6-7-14-11/h6-8H,4-5,9,13H2,1-3H3. The van der Waals surface area contributed by atoms with Crippen LogP contribution in [0.3, 0.4) is 0 Å². The number of rotatable bonds is 5. The van der Waals surface area contributed by atoms with E-state index in [1.165, 1.54) is 0 Å². The molecule has 3 nitrogen and oxygen atoms in total. The molecular formula is C12H20N2O. The second kappa shape index (κ2) is 5.12. The molecule has 2 N–H and O–H groups in total. The van der Waals surface area contributed by atoms with Crippen LogP contribution in [0.5, 0.6) is 5.88 Å². The van der Waals surface area contributed by atoms with E-state index < -0.39 is 0 Å². The van der Waals surface area contributed by atoms with Gasteiger partial charge in [-0.15, -0.1) is 0 Å². The average molecular weight is 208 g/mol. The maximum atomic E-state index is 6.13. The molecule has 0 saturated heterocycles. The third-order valence-corrected chi connectivity index (χ3v) is 2.81. The van der Waals surface area contributed by atoms with Crippen LogP contribution in [-0.4, -0.2) is 17.1 Å². The Labute approximate surface area is 91.7 Å². The molecule has 0 radical (unpaired) electrons. The molecule has 3 heteroatoms. The summed E-state index contributed by atoms with van der Waals surface area (Å²) in [5, 5.41) is 0. The molecular weight excluding hydrogens is 188 g/mol. The summed E-state index contributed by atoms with van der Waals surface area (Å²) >= 11 is 0. The van der Waals surface area contributed by atoms with Crippen molar-refractivity contribution in [1.29, 1.82) is 0 Å². The summed E-state index contributed by atoms with van der Waals surface area (Å²) in [5.41, 5.74) is 7.05. The fourth-order valence-electron chi connectivity index (χ4n) is 1.26. The van der Waals surface area contributed by atoms with Gasteiger partial charge < -0.3 is 10.5 Å². The quantitative estimate of drug-likeness (QED) is 0.807. The molecule has 0 aliphatic heterocycles. The number of ether oxygens (including phenoxy) is 1. The van der Waals surface area contributed by atoms with Gasteiger partial charge in [0.1, 0.15) is 6.61 Å². The van der Waals surface area contributed by atoms with Gasteiger partial charge in [0.25, 0.3) is 0 Å². The minimum Gasteiger partial charge on any atom is -0.476 e. The highest BCUT2D eigenvalue weighted by Gasteiger charge is 2.21. The van der Waals surface area contributed by atoms with Crippen molar-refractivity contribution in [3.8, 4) is 5.88 Å². The van der Waals surface area contributed by atoms with Crippen molar-refractivity contribution in [3.05, 3.63) is 23.9 Å². The van der Waals surface area contributed by atoms with Gasteiger partial charge in [-0.2, -0.15) is 0 Å². The Hall–Kier alpha value is -1.09. The van der Waals surface area contributed by atoms with Gasteiger partial charge >= 0.3 is 0 Å².